The molecule has 1 aromatic rings. The van der Waals surface area contributed by atoms with Crippen molar-refractivity contribution in [2.75, 3.05) is 20.3 Å². The summed E-state index contributed by atoms with van der Waals surface area (Å²) in [4.78, 5) is 1.33. The summed E-state index contributed by atoms with van der Waals surface area (Å²) in [5, 5.41) is 5.54. The number of hydrogen-bond acceptors (Lipinski definition) is 3. The molecule has 0 spiro atoms. The van der Waals surface area contributed by atoms with Crippen LogP contribution in [0.1, 0.15) is 11.3 Å². The Bertz CT molecular complexity index is 282. The number of halogens is 2. The molecule has 0 radical (unpaired) electrons. The van der Waals surface area contributed by atoms with E-state index in [-0.39, 0.29) is 5.38 Å². The summed E-state index contributed by atoms with van der Waals surface area (Å²) in [5.41, 5.74) is 0. The van der Waals surface area contributed by atoms with Gasteiger partial charge in [0.2, 0.25) is 0 Å². The average molecular weight is 313 g/mol. The van der Waals surface area contributed by atoms with Crippen molar-refractivity contribution < 1.29 is 4.74 Å². The molecule has 0 saturated heterocycles. The zero-order chi connectivity index (χ0) is 11.1. The highest BCUT2D eigenvalue weighted by Gasteiger charge is 2.04. The highest BCUT2D eigenvalue weighted by Crippen LogP contribution is 2.22. The van der Waals surface area contributed by atoms with Crippen LogP contribution in [0.25, 0.3) is 0 Å². The standard InChI is InChI=1S/C10H15BrClNOS/c1-14-7-8(12)2-4-13-6-10-9(11)3-5-15-10/h3,5,8,13H,2,4,6-7H2,1H3. The first-order chi connectivity index (χ1) is 7.24. The van der Waals surface area contributed by atoms with Crippen molar-refractivity contribution in [1.29, 1.82) is 0 Å². The number of alkyl halides is 1. The molecular formula is C10H15BrClNOS. The van der Waals surface area contributed by atoms with Gasteiger partial charge in [-0.25, -0.2) is 0 Å². The highest BCUT2D eigenvalue weighted by molar-refractivity contribution is 9.10. The Morgan fingerprint density at radius 2 is 2.47 bits per heavy atom. The number of methoxy groups -OCH3 is 1. The zero-order valence-corrected chi connectivity index (χ0v) is 11.8. The molecule has 1 heterocycles. The van der Waals surface area contributed by atoms with E-state index in [9.17, 15) is 0 Å². The van der Waals surface area contributed by atoms with Crippen LogP contribution < -0.4 is 5.32 Å². The van der Waals surface area contributed by atoms with Gasteiger partial charge in [0.05, 0.1) is 12.0 Å². The molecule has 5 heteroatoms. The van der Waals surface area contributed by atoms with Crippen molar-refractivity contribution in [3.8, 4) is 0 Å². The molecule has 0 saturated carbocycles. The minimum Gasteiger partial charge on any atom is -0.383 e. The van der Waals surface area contributed by atoms with Crippen LogP contribution in [-0.2, 0) is 11.3 Å². The molecule has 1 aromatic heterocycles. The van der Waals surface area contributed by atoms with Crippen molar-refractivity contribution in [2.45, 2.75) is 18.3 Å². The summed E-state index contributed by atoms with van der Waals surface area (Å²) < 4.78 is 6.14. The molecule has 1 N–H and O–H groups in total. The van der Waals surface area contributed by atoms with E-state index in [1.54, 1.807) is 18.4 Å². The second kappa shape index (κ2) is 7.63. The Kier molecular flexibility index (Phi) is 6.84. The van der Waals surface area contributed by atoms with Gasteiger partial charge < -0.3 is 10.1 Å². The summed E-state index contributed by atoms with van der Waals surface area (Å²) in [5.74, 6) is 0. The van der Waals surface area contributed by atoms with Gasteiger partial charge in [0.15, 0.2) is 0 Å². The first kappa shape index (κ1) is 13.5. The fourth-order valence-corrected chi connectivity index (χ4v) is 2.87. The molecule has 1 atom stereocenters. The van der Waals surface area contributed by atoms with Crippen LogP contribution in [0.15, 0.2) is 15.9 Å². The molecule has 15 heavy (non-hydrogen) atoms. The molecular weight excluding hydrogens is 298 g/mol. The smallest absolute Gasteiger partial charge is 0.0626 e. The van der Waals surface area contributed by atoms with Gasteiger partial charge >= 0.3 is 0 Å². The number of ether oxygens (including phenoxy) is 1. The predicted octanol–water partition coefficient (Wildman–Crippen LogP) is 3.24. The number of rotatable bonds is 7. The molecule has 1 unspecified atom stereocenters. The van der Waals surface area contributed by atoms with E-state index in [1.807, 2.05) is 0 Å². The molecule has 1 rings (SSSR count). The lowest BCUT2D eigenvalue weighted by Gasteiger charge is -2.08. The first-order valence-electron chi connectivity index (χ1n) is 4.79. The molecule has 2 nitrogen and oxygen atoms in total. The SMILES string of the molecule is COCC(Cl)CCNCc1sccc1Br. The van der Waals surface area contributed by atoms with Crippen molar-refractivity contribution in [1.82, 2.24) is 5.32 Å². The van der Waals surface area contributed by atoms with E-state index >= 15 is 0 Å². The van der Waals surface area contributed by atoms with E-state index in [2.05, 4.69) is 32.7 Å². The fourth-order valence-electron chi connectivity index (χ4n) is 1.18. The Morgan fingerprint density at radius 1 is 1.67 bits per heavy atom. The quantitative estimate of drug-likeness (QED) is 0.616. The van der Waals surface area contributed by atoms with Crippen molar-refractivity contribution in [2.24, 2.45) is 0 Å². The van der Waals surface area contributed by atoms with Crippen LogP contribution in [0.2, 0.25) is 0 Å². The van der Waals surface area contributed by atoms with Gasteiger partial charge in [-0.1, -0.05) is 0 Å². The van der Waals surface area contributed by atoms with Crippen LogP contribution in [0.3, 0.4) is 0 Å². The number of hydrogen-bond donors (Lipinski definition) is 1. The van der Waals surface area contributed by atoms with Crippen LogP contribution in [-0.4, -0.2) is 25.6 Å². The Balaban J connectivity index is 2.09. The topological polar surface area (TPSA) is 21.3 Å². The Morgan fingerprint density at radius 3 is 3.07 bits per heavy atom. The summed E-state index contributed by atoms with van der Waals surface area (Å²) in [7, 11) is 1.67. The van der Waals surface area contributed by atoms with Gasteiger partial charge in [-0.3, -0.25) is 0 Å². The molecule has 86 valence electrons. The Labute approximate surface area is 108 Å². The van der Waals surface area contributed by atoms with Gasteiger partial charge in [-0.2, -0.15) is 0 Å². The monoisotopic (exact) mass is 311 g/mol. The lowest BCUT2D eigenvalue weighted by atomic mass is 10.3. The van der Waals surface area contributed by atoms with Crippen LogP contribution in [0, 0.1) is 0 Å². The molecule has 0 bridgehead atoms. The Hall–Kier alpha value is 0.390. The third-order valence-corrected chi connectivity index (χ3v) is 4.23. The lowest BCUT2D eigenvalue weighted by Crippen LogP contribution is -2.19. The summed E-state index contributed by atoms with van der Waals surface area (Å²) >= 11 is 11.2. The fraction of sp³-hybridized carbons (Fsp3) is 0.600. The normalized spacial score (nSPS) is 13.0. The zero-order valence-electron chi connectivity index (χ0n) is 8.63. The van der Waals surface area contributed by atoms with Gasteiger partial charge in [-0.05, 0) is 40.3 Å². The predicted molar refractivity (Wildman–Crippen MR) is 69.9 cm³/mol. The maximum Gasteiger partial charge on any atom is 0.0626 e. The largest absolute Gasteiger partial charge is 0.383 e. The van der Waals surface area contributed by atoms with Crippen molar-refractivity contribution in [3.63, 3.8) is 0 Å². The second-order valence-corrected chi connectivity index (χ2v) is 5.68. The van der Waals surface area contributed by atoms with E-state index in [0.717, 1.165) is 19.5 Å². The van der Waals surface area contributed by atoms with Crippen LogP contribution in [0.5, 0.6) is 0 Å². The summed E-state index contributed by atoms with van der Waals surface area (Å²) in [6.45, 7) is 2.43. The second-order valence-electron chi connectivity index (χ2n) is 3.21. The molecule has 0 aliphatic rings. The van der Waals surface area contributed by atoms with Gasteiger partial charge in [0.25, 0.3) is 0 Å². The number of nitrogens with one attached hydrogen (secondary N) is 1. The molecule has 0 aromatic carbocycles. The van der Waals surface area contributed by atoms with E-state index < -0.39 is 0 Å². The lowest BCUT2D eigenvalue weighted by molar-refractivity contribution is 0.195. The van der Waals surface area contributed by atoms with Crippen LogP contribution >= 0.6 is 38.9 Å². The molecule has 0 aliphatic carbocycles. The molecule has 0 aliphatic heterocycles. The highest BCUT2D eigenvalue weighted by atomic mass is 79.9. The van der Waals surface area contributed by atoms with Gasteiger partial charge in [0, 0.05) is 23.0 Å². The van der Waals surface area contributed by atoms with Crippen LogP contribution in [0.4, 0.5) is 0 Å². The minimum absolute atomic E-state index is 0.106. The minimum atomic E-state index is 0.106. The van der Waals surface area contributed by atoms with Crippen molar-refractivity contribution in [3.05, 3.63) is 20.8 Å². The van der Waals surface area contributed by atoms with Gasteiger partial charge in [-0.15, -0.1) is 22.9 Å². The molecule has 0 fully saturated rings. The summed E-state index contributed by atoms with van der Waals surface area (Å²) in [6, 6.07) is 2.07. The molecule has 0 amide bonds. The summed E-state index contributed by atoms with van der Waals surface area (Å²) in [6.07, 6.45) is 0.929. The maximum atomic E-state index is 6.00. The third kappa shape index (κ3) is 5.31. The maximum absolute atomic E-state index is 6.00. The average Bonchev–Trinajstić information content (AvgIpc) is 2.60. The van der Waals surface area contributed by atoms with Crippen molar-refractivity contribution >= 4 is 38.9 Å². The van der Waals surface area contributed by atoms with Gasteiger partial charge in [0.1, 0.15) is 0 Å². The number of thiophene rings is 1. The first-order valence-corrected chi connectivity index (χ1v) is 6.90. The third-order valence-electron chi connectivity index (χ3n) is 1.96. The van der Waals surface area contributed by atoms with E-state index in [4.69, 9.17) is 16.3 Å². The van der Waals surface area contributed by atoms with E-state index in [1.165, 1.54) is 9.35 Å². The van der Waals surface area contributed by atoms with E-state index in [0.29, 0.717) is 6.61 Å².